The molecule has 4 nitrogen and oxygen atoms in total. The van der Waals surface area contributed by atoms with E-state index in [4.69, 9.17) is 39.8 Å². The van der Waals surface area contributed by atoms with E-state index in [0.717, 1.165) is 47.7 Å². The molecule has 0 saturated heterocycles. The predicted octanol–water partition coefficient (Wildman–Crippen LogP) is 5.92. The zero-order valence-electron chi connectivity index (χ0n) is 14.2. The number of fused-ring (bicyclic) bond motifs is 3. The summed E-state index contributed by atoms with van der Waals surface area (Å²) in [4.78, 5) is 4.70. The molecular formula is C19H18Cl3N3O. The summed E-state index contributed by atoms with van der Waals surface area (Å²) in [7, 11) is 0. The Kier molecular flexibility index (Phi) is 4.78. The Bertz CT molecular complexity index is 1000. The van der Waals surface area contributed by atoms with Crippen LogP contribution < -0.4 is 5.32 Å². The number of halogens is 3. The maximum Gasteiger partial charge on any atom is 0.203 e. The minimum Gasteiger partial charge on any atom is -0.388 e. The van der Waals surface area contributed by atoms with Gasteiger partial charge in [0.1, 0.15) is 5.52 Å². The second-order valence-corrected chi connectivity index (χ2v) is 7.66. The third kappa shape index (κ3) is 2.85. The number of aryl methyl sites for hydroxylation is 1. The Morgan fingerprint density at radius 1 is 1.23 bits per heavy atom. The molecule has 2 aromatic carbocycles. The number of imidazole rings is 1. The maximum absolute atomic E-state index is 10.7. The minimum absolute atomic E-state index is 0.512. The van der Waals surface area contributed by atoms with Gasteiger partial charge in [0.15, 0.2) is 0 Å². The third-order valence-electron chi connectivity index (χ3n) is 4.79. The van der Waals surface area contributed by atoms with E-state index in [2.05, 4.69) is 9.88 Å². The molecule has 1 atom stereocenters. The first-order valence-electron chi connectivity index (χ1n) is 8.61. The van der Waals surface area contributed by atoms with E-state index in [9.17, 15) is 5.11 Å². The molecule has 136 valence electrons. The predicted molar refractivity (Wildman–Crippen MR) is 109 cm³/mol. The molecule has 1 aliphatic rings. The van der Waals surface area contributed by atoms with Crippen LogP contribution in [0.25, 0.3) is 22.2 Å². The smallest absolute Gasteiger partial charge is 0.203 e. The molecule has 0 fully saturated rings. The van der Waals surface area contributed by atoms with E-state index >= 15 is 0 Å². The van der Waals surface area contributed by atoms with Crippen molar-refractivity contribution in [2.45, 2.75) is 32.4 Å². The van der Waals surface area contributed by atoms with Crippen molar-refractivity contribution < 1.29 is 5.11 Å². The van der Waals surface area contributed by atoms with E-state index in [1.165, 1.54) is 0 Å². The number of hydrogen-bond donors (Lipinski definition) is 2. The number of nitrogens with one attached hydrogen (secondary N) is 1. The molecule has 0 spiro atoms. The molecule has 0 radical (unpaired) electrons. The first-order valence-corrected chi connectivity index (χ1v) is 9.74. The van der Waals surface area contributed by atoms with Gasteiger partial charge in [-0.05, 0) is 31.0 Å². The Labute approximate surface area is 166 Å². The van der Waals surface area contributed by atoms with E-state index in [0.29, 0.717) is 27.0 Å². The summed E-state index contributed by atoms with van der Waals surface area (Å²) in [5.41, 5.74) is 3.91. The van der Waals surface area contributed by atoms with Gasteiger partial charge in [-0.2, -0.15) is 0 Å². The molecule has 0 aliphatic carbocycles. The van der Waals surface area contributed by atoms with E-state index in [1.807, 2.05) is 19.1 Å². The third-order valence-corrected chi connectivity index (χ3v) is 5.72. The molecule has 0 amide bonds. The van der Waals surface area contributed by atoms with Crippen molar-refractivity contribution >= 4 is 51.8 Å². The molecule has 26 heavy (non-hydrogen) atoms. The van der Waals surface area contributed by atoms with Crippen LogP contribution in [0, 0.1) is 0 Å². The van der Waals surface area contributed by atoms with E-state index in [1.54, 1.807) is 12.1 Å². The van der Waals surface area contributed by atoms with Crippen molar-refractivity contribution in [3.63, 3.8) is 0 Å². The van der Waals surface area contributed by atoms with Crippen molar-refractivity contribution in [3.05, 3.63) is 44.9 Å². The van der Waals surface area contributed by atoms with Crippen molar-refractivity contribution in [2.24, 2.45) is 0 Å². The number of hydrogen-bond acceptors (Lipinski definition) is 3. The highest BCUT2D eigenvalue weighted by molar-refractivity contribution is 6.40. The number of anilines is 1. The Morgan fingerprint density at radius 2 is 2.04 bits per heavy atom. The number of aliphatic hydroxyl groups is 1. The zero-order valence-corrected chi connectivity index (χ0v) is 16.5. The molecule has 4 rings (SSSR count). The summed E-state index contributed by atoms with van der Waals surface area (Å²) in [6.45, 7) is 3.67. The largest absolute Gasteiger partial charge is 0.388 e. The summed E-state index contributed by atoms with van der Waals surface area (Å²) in [6, 6.07) is 7.24. The molecule has 0 bridgehead atoms. The second-order valence-electron chi connectivity index (χ2n) is 6.44. The Balaban J connectivity index is 2.05. The summed E-state index contributed by atoms with van der Waals surface area (Å²) in [6.07, 6.45) is 0.989. The summed E-state index contributed by atoms with van der Waals surface area (Å²) >= 11 is 19.2. The number of aromatic nitrogens is 2. The average Bonchev–Trinajstić information content (AvgIpc) is 3.02. The van der Waals surface area contributed by atoms with Crippen molar-refractivity contribution in [1.82, 2.24) is 9.55 Å². The van der Waals surface area contributed by atoms with Gasteiger partial charge in [-0.3, -0.25) is 0 Å². The highest BCUT2D eigenvalue weighted by atomic mass is 35.5. The lowest BCUT2D eigenvalue weighted by atomic mass is 9.97. The van der Waals surface area contributed by atoms with Crippen LogP contribution in [-0.2, 0) is 6.54 Å². The Morgan fingerprint density at radius 3 is 2.77 bits per heavy atom. The molecule has 7 heteroatoms. The number of benzene rings is 2. The van der Waals surface area contributed by atoms with Gasteiger partial charge in [-0.1, -0.05) is 47.8 Å². The number of rotatable bonds is 3. The van der Waals surface area contributed by atoms with Crippen LogP contribution in [0.1, 0.15) is 31.4 Å². The van der Waals surface area contributed by atoms with Gasteiger partial charge in [0.05, 0.1) is 16.6 Å². The standard InChI is InChI=1S/C19H18Cl3N3O/c1-2-15(26)13-9-12(11-5-4-10(20)8-14(11)21)16(22)17-18(13)25-7-3-6-23-19(25)24-17/h4-5,8-9,15,26H,2-3,6-7H2,1H3,(H,23,24). The fourth-order valence-corrected chi connectivity index (χ4v) is 4.28. The van der Waals surface area contributed by atoms with Crippen LogP contribution in [0.3, 0.4) is 0 Å². The molecule has 0 saturated carbocycles. The van der Waals surface area contributed by atoms with Gasteiger partial charge < -0.3 is 15.0 Å². The second kappa shape index (κ2) is 6.93. The van der Waals surface area contributed by atoms with Gasteiger partial charge in [0, 0.05) is 39.8 Å². The van der Waals surface area contributed by atoms with Crippen LogP contribution in [-0.4, -0.2) is 21.2 Å². The van der Waals surface area contributed by atoms with Crippen LogP contribution in [0.2, 0.25) is 15.1 Å². The fraction of sp³-hybridized carbons (Fsp3) is 0.316. The molecule has 1 aromatic heterocycles. The van der Waals surface area contributed by atoms with Gasteiger partial charge in [-0.15, -0.1) is 0 Å². The van der Waals surface area contributed by atoms with Crippen LogP contribution >= 0.6 is 34.8 Å². The van der Waals surface area contributed by atoms with Crippen LogP contribution in [0.15, 0.2) is 24.3 Å². The zero-order chi connectivity index (χ0) is 18.4. The monoisotopic (exact) mass is 409 g/mol. The lowest BCUT2D eigenvalue weighted by Crippen LogP contribution is -2.17. The minimum atomic E-state index is -0.609. The highest BCUT2D eigenvalue weighted by Gasteiger charge is 2.25. The molecule has 1 unspecified atom stereocenters. The quantitative estimate of drug-likeness (QED) is 0.563. The maximum atomic E-state index is 10.7. The average molecular weight is 411 g/mol. The van der Waals surface area contributed by atoms with Gasteiger partial charge in [0.2, 0.25) is 5.95 Å². The summed E-state index contributed by atoms with van der Waals surface area (Å²) in [5.74, 6) is 0.789. The molecule has 2 heterocycles. The lowest BCUT2D eigenvalue weighted by molar-refractivity contribution is 0.175. The SMILES string of the molecule is CCC(O)c1cc(-c2ccc(Cl)cc2Cl)c(Cl)c2nc3n(c12)CCCN3. The highest BCUT2D eigenvalue weighted by Crippen LogP contribution is 2.43. The van der Waals surface area contributed by atoms with Gasteiger partial charge in [-0.25, -0.2) is 4.98 Å². The summed E-state index contributed by atoms with van der Waals surface area (Å²) in [5, 5.41) is 15.6. The topological polar surface area (TPSA) is 50.1 Å². The lowest BCUT2D eigenvalue weighted by Gasteiger charge is -2.19. The molecule has 2 N–H and O–H groups in total. The fourth-order valence-electron chi connectivity index (χ4n) is 3.48. The molecular weight excluding hydrogens is 393 g/mol. The normalized spacial score (nSPS) is 15.0. The van der Waals surface area contributed by atoms with Crippen LogP contribution in [0.4, 0.5) is 5.95 Å². The first-order chi connectivity index (χ1) is 12.5. The van der Waals surface area contributed by atoms with E-state index < -0.39 is 6.10 Å². The number of aliphatic hydroxyl groups excluding tert-OH is 1. The van der Waals surface area contributed by atoms with Crippen molar-refractivity contribution in [3.8, 4) is 11.1 Å². The number of nitrogens with zero attached hydrogens (tertiary/aromatic N) is 2. The van der Waals surface area contributed by atoms with Crippen molar-refractivity contribution in [2.75, 3.05) is 11.9 Å². The van der Waals surface area contributed by atoms with Crippen LogP contribution in [0.5, 0.6) is 0 Å². The molecule has 1 aliphatic heterocycles. The first kappa shape index (κ1) is 17.9. The summed E-state index contributed by atoms with van der Waals surface area (Å²) < 4.78 is 2.10. The molecule has 3 aromatic rings. The van der Waals surface area contributed by atoms with Gasteiger partial charge in [0.25, 0.3) is 0 Å². The Hall–Kier alpha value is -1.46. The van der Waals surface area contributed by atoms with Gasteiger partial charge >= 0.3 is 0 Å². The van der Waals surface area contributed by atoms with Crippen molar-refractivity contribution in [1.29, 1.82) is 0 Å². The van der Waals surface area contributed by atoms with E-state index in [-0.39, 0.29) is 0 Å².